The number of anilines is 1. The molecule has 1 unspecified atom stereocenters. The maximum atomic E-state index is 5.60. The third kappa shape index (κ3) is 5.02. The van der Waals surface area contributed by atoms with Gasteiger partial charge in [0.2, 0.25) is 0 Å². The second-order valence-electron chi connectivity index (χ2n) is 4.38. The molecule has 0 spiro atoms. The van der Waals surface area contributed by atoms with E-state index in [2.05, 4.69) is 24.0 Å². The van der Waals surface area contributed by atoms with E-state index >= 15 is 0 Å². The zero-order valence-corrected chi connectivity index (χ0v) is 12.0. The van der Waals surface area contributed by atoms with Gasteiger partial charge in [-0.3, -0.25) is 0 Å². The van der Waals surface area contributed by atoms with Crippen molar-refractivity contribution in [3.05, 3.63) is 30.3 Å². The van der Waals surface area contributed by atoms with E-state index < -0.39 is 0 Å². The Bertz CT molecular complexity index is 356. The first kappa shape index (κ1) is 14.9. The molecule has 4 heteroatoms. The average molecular weight is 266 g/mol. The molecule has 18 heavy (non-hydrogen) atoms. The topological polar surface area (TPSA) is 38.5 Å². The lowest BCUT2D eigenvalue weighted by molar-refractivity contribution is 0.188. The summed E-state index contributed by atoms with van der Waals surface area (Å²) in [5, 5.41) is 0. The number of hydrogen-bond acceptors (Lipinski definition) is 3. The number of methoxy groups -OCH3 is 1. The molecule has 2 N–H and O–H groups in total. The summed E-state index contributed by atoms with van der Waals surface area (Å²) in [6.07, 6.45) is 1.73. The van der Waals surface area contributed by atoms with Crippen LogP contribution in [0.1, 0.15) is 19.8 Å². The van der Waals surface area contributed by atoms with Crippen LogP contribution < -0.4 is 10.6 Å². The molecule has 0 aliphatic heterocycles. The number of ether oxygens (including phenoxy) is 1. The Morgan fingerprint density at radius 3 is 2.61 bits per heavy atom. The summed E-state index contributed by atoms with van der Waals surface area (Å²) in [5.41, 5.74) is 6.81. The van der Waals surface area contributed by atoms with Crippen molar-refractivity contribution < 1.29 is 4.74 Å². The van der Waals surface area contributed by atoms with Crippen molar-refractivity contribution in [2.45, 2.75) is 25.8 Å². The highest BCUT2D eigenvalue weighted by atomic mass is 32.1. The van der Waals surface area contributed by atoms with E-state index in [0.717, 1.165) is 26.0 Å². The Labute approximate surface area is 115 Å². The monoisotopic (exact) mass is 266 g/mol. The standard InChI is InChI=1S/C14H22N2OS/c1-12(9-11-17-2)16(10-8-14(15)18)13-6-4-3-5-7-13/h3-7,12H,8-11H2,1-2H3,(H2,15,18). The van der Waals surface area contributed by atoms with Crippen LogP contribution >= 0.6 is 12.2 Å². The average Bonchev–Trinajstić information content (AvgIpc) is 2.37. The van der Waals surface area contributed by atoms with Gasteiger partial charge in [-0.2, -0.15) is 0 Å². The molecule has 0 aliphatic carbocycles. The highest BCUT2D eigenvalue weighted by Gasteiger charge is 2.14. The van der Waals surface area contributed by atoms with Gasteiger partial charge >= 0.3 is 0 Å². The van der Waals surface area contributed by atoms with Crippen molar-refractivity contribution in [1.29, 1.82) is 0 Å². The van der Waals surface area contributed by atoms with Crippen LogP contribution in [-0.2, 0) is 4.74 Å². The number of thiocarbonyl (C=S) groups is 1. The lowest BCUT2D eigenvalue weighted by atomic mass is 10.1. The lowest BCUT2D eigenvalue weighted by Crippen LogP contribution is -2.36. The van der Waals surface area contributed by atoms with E-state index in [0.29, 0.717) is 11.0 Å². The van der Waals surface area contributed by atoms with Gasteiger partial charge in [0.15, 0.2) is 0 Å². The Kier molecular flexibility index (Phi) is 6.68. The number of hydrogen-bond donors (Lipinski definition) is 1. The predicted molar refractivity (Wildman–Crippen MR) is 81.1 cm³/mol. The lowest BCUT2D eigenvalue weighted by Gasteiger charge is -2.31. The van der Waals surface area contributed by atoms with E-state index in [9.17, 15) is 0 Å². The molecule has 3 nitrogen and oxygen atoms in total. The third-order valence-electron chi connectivity index (χ3n) is 2.96. The van der Waals surface area contributed by atoms with Gasteiger partial charge in [0.05, 0.1) is 4.99 Å². The predicted octanol–water partition coefficient (Wildman–Crippen LogP) is 2.59. The molecule has 0 aliphatic rings. The van der Waals surface area contributed by atoms with Gasteiger partial charge < -0.3 is 15.4 Å². The number of nitrogens with zero attached hydrogens (tertiary/aromatic N) is 1. The van der Waals surface area contributed by atoms with Crippen LogP contribution in [0.5, 0.6) is 0 Å². The zero-order valence-electron chi connectivity index (χ0n) is 11.1. The summed E-state index contributed by atoms with van der Waals surface area (Å²) in [7, 11) is 1.73. The molecular weight excluding hydrogens is 244 g/mol. The fourth-order valence-electron chi connectivity index (χ4n) is 1.90. The maximum absolute atomic E-state index is 5.60. The molecule has 1 rings (SSSR count). The normalized spacial score (nSPS) is 12.1. The van der Waals surface area contributed by atoms with E-state index in [4.69, 9.17) is 22.7 Å². The van der Waals surface area contributed by atoms with Gasteiger partial charge in [0.25, 0.3) is 0 Å². The summed E-state index contributed by atoms with van der Waals surface area (Å²) in [6.45, 7) is 3.81. The van der Waals surface area contributed by atoms with Crippen molar-refractivity contribution in [2.75, 3.05) is 25.2 Å². The van der Waals surface area contributed by atoms with Crippen molar-refractivity contribution in [3.8, 4) is 0 Å². The van der Waals surface area contributed by atoms with E-state index in [1.807, 2.05) is 18.2 Å². The van der Waals surface area contributed by atoms with Gasteiger partial charge in [-0.25, -0.2) is 0 Å². The first-order chi connectivity index (χ1) is 8.65. The quantitative estimate of drug-likeness (QED) is 0.734. The molecule has 1 atom stereocenters. The molecule has 0 saturated carbocycles. The minimum Gasteiger partial charge on any atom is -0.393 e. The minimum absolute atomic E-state index is 0.404. The molecule has 0 amide bonds. The van der Waals surface area contributed by atoms with Crippen LogP contribution in [-0.4, -0.2) is 31.3 Å². The van der Waals surface area contributed by atoms with Gasteiger partial charge in [0.1, 0.15) is 0 Å². The van der Waals surface area contributed by atoms with Gasteiger partial charge in [-0.1, -0.05) is 30.4 Å². The Morgan fingerprint density at radius 2 is 2.06 bits per heavy atom. The first-order valence-corrected chi connectivity index (χ1v) is 6.65. The summed E-state index contributed by atoms with van der Waals surface area (Å²) < 4.78 is 5.15. The Balaban J connectivity index is 2.71. The van der Waals surface area contributed by atoms with Gasteiger partial charge in [0, 0.05) is 38.4 Å². The fourth-order valence-corrected chi connectivity index (χ4v) is 1.99. The summed E-state index contributed by atoms with van der Waals surface area (Å²) >= 11 is 4.96. The summed E-state index contributed by atoms with van der Waals surface area (Å²) in [4.78, 5) is 2.90. The highest BCUT2D eigenvalue weighted by molar-refractivity contribution is 7.80. The Morgan fingerprint density at radius 1 is 1.39 bits per heavy atom. The third-order valence-corrected chi connectivity index (χ3v) is 3.16. The van der Waals surface area contributed by atoms with E-state index in [-0.39, 0.29) is 0 Å². The molecule has 0 aromatic heterocycles. The van der Waals surface area contributed by atoms with Crippen LogP contribution in [0.2, 0.25) is 0 Å². The molecule has 1 aromatic rings. The van der Waals surface area contributed by atoms with Crippen molar-refractivity contribution in [3.63, 3.8) is 0 Å². The largest absolute Gasteiger partial charge is 0.393 e. The Hall–Kier alpha value is -1.13. The van der Waals surface area contributed by atoms with Crippen molar-refractivity contribution in [1.82, 2.24) is 0 Å². The SMILES string of the molecule is COCCC(C)N(CCC(N)=S)c1ccccc1. The van der Waals surface area contributed by atoms with Crippen LogP contribution in [0, 0.1) is 0 Å². The number of rotatable bonds is 8. The molecular formula is C14H22N2OS. The number of para-hydroxylation sites is 1. The molecule has 100 valence electrons. The molecule has 0 radical (unpaired) electrons. The molecule has 0 bridgehead atoms. The smallest absolute Gasteiger partial charge is 0.0745 e. The second-order valence-corrected chi connectivity index (χ2v) is 4.90. The van der Waals surface area contributed by atoms with Gasteiger partial charge in [-0.05, 0) is 25.5 Å². The zero-order chi connectivity index (χ0) is 13.4. The van der Waals surface area contributed by atoms with Gasteiger partial charge in [-0.15, -0.1) is 0 Å². The highest BCUT2D eigenvalue weighted by Crippen LogP contribution is 2.18. The van der Waals surface area contributed by atoms with Crippen molar-refractivity contribution >= 4 is 22.9 Å². The molecule has 0 fully saturated rings. The maximum Gasteiger partial charge on any atom is 0.0745 e. The van der Waals surface area contributed by atoms with Crippen LogP contribution in [0.3, 0.4) is 0 Å². The van der Waals surface area contributed by atoms with E-state index in [1.165, 1.54) is 5.69 Å². The summed E-state index contributed by atoms with van der Waals surface area (Å²) in [5.74, 6) is 0. The van der Waals surface area contributed by atoms with Crippen LogP contribution in [0.15, 0.2) is 30.3 Å². The number of benzene rings is 1. The van der Waals surface area contributed by atoms with E-state index in [1.54, 1.807) is 7.11 Å². The fraction of sp³-hybridized carbons (Fsp3) is 0.500. The molecule has 0 heterocycles. The van der Waals surface area contributed by atoms with Crippen molar-refractivity contribution in [2.24, 2.45) is 5.73 Å². The number of nitrogens with two attached hydrogens (primary N) is 1. The minimum atomic E-state index is 0.404. The van der Waals surface area contributed by atoms with Crippen LogP contribution in [0.25, 0.3) is 0 Å². The molecule has 1 aromatic carbocycles. The molecule has 0 saturated heterocycles. The van der Waals surface area contributed by atoms with Crippen LogP contribution in [0.4, 0.5) is 5.69 Å². The second kappa shape index (κ2) is 8.06. The summed E-state index contributed by atoms with van der Waals surface area (Å²) in [6, 6.07) is 10.8. The first-order valence-electron chi connectivity index (χ1n) is 6.24.